The Morgan fingerprint density at radius 1 is 1.37 bits per heavy atom. The minimum Gasteiger partial charge on any atom is -0.399 e. The second-order valence-electron chi connectivity index (χ2n) is 5.60. The predicted octanol–water partition coefficient (Wildman–Crippen LogP) is 1.55. The molecule has 1 unspecified atom stereocenters. The van der Waals surface area contributed by atoms with E-state index in [1.807, 2.05) is 29.2 Å². The number of carbonyl (C=O) groups is 1. The number of hydrogen-bond acceptors (Lipinski definition) is 3. The summed E-state index contributed by atoms with van der Waals surface area (Å²) in [4.78, 5) is 14.7. The van der Waals surface area contributed by atoms with E-state index in [1.165, 1.54) is 0 Å². The van der Waals surface area contributed by atoms with E-state index < -0.39 is 0 Å². The molecule has 1 saturated heterocycles. The van der Waals surface area contributed by atoms with Crippen LogP contribution in [0.4, 0.5) is 5.69 Å². The molecule has 1 atom stereocenters. The number of hydrogen-bond donors (Lipinski definition) is 1. The highest BCUT2D eigenvalue weighted by Gasteiger charge is 2.53. The Balaban J connectivity index is 1.78. The lowest BCUT2D eigenvalue weighted by molar-refractivity contribution is -0.133. The molecule has 4 nitrogen and oxygen atoms in total. The highest BCUT2D eigenvalue weighted by atomic mass is 16.5. The Bertz CT molecular complexity index is 479. The summed E-state index contributed by atoms with van der Waals surface area (Å²) in [7, 11) is 1.71. The number of likely N-dealkylation sites (tertiary alicyclic amines) is 1. The van der Waals surface area contributed by atoms with Crippen LogP contribution in [0.25, 0.3) is 0 Å². The van der Waals surface area contributed by atoms with Crippen LogP contribution in [-0.4, -0.2) is 37.1 Å². The van der Waals surface area contributed by atoms with E-state index >= 15 is 0 Å². The molecule has 1 amide bonds. The third-order valence-corrected chi connectivity index (χ3v) is 4.39. The van der Waals surface area contributed by atoms with E-state index in [4.69, 9.17) is 10.5 Å². The van der Waals surface area contributed by atoms with Gasteiger partial charge in [-0.25, -0.2) is 0 Å². The molecule has 102 valence electrons. The zero-order valence-electron chi connectivity index (χ0n) is 11.3. The topological polar surface area (TPSA) is 55.6 Å². The fraction of sp³-hybridized carbons (Fsp3) is 0.533. The highest BCUT2D eigenvalue weighted by Crippen LogP contribution is 2.50. The van der Waals surface area contributed by atoms with Gasteiger partial charge >= 0.3 is 0 Å². The second-order valence-corrected chi connectivity index (χ2v) is 5.60. The Kier molecular flexibility index (Phi) is 2.97. The molecule has 0 spiro atoms. The molecule has 0 bridgehead atoms. The molecule has 1 heterocycles. The van der Waals surface area contributed by atoms with Crippen molar-refractivity contribution in [3.05, 3.63) is 29.8 Å². The Morgan fingerprint density at radius 2 is 2.05 bits per heavy atom. The molecule has 2 fully saturated rings. The zero-order valence-corrected chi connectivity index (χ0v) is 11.3. The number of nitrogen functional groups attached to an aromatic ring is 1. The maximum absolute atomic E-state index is 12.7. The monoisotopic (exact) mass is 260 g/mol. The lowest BCUT2D eigenvalue weighted by Gasteiger charge is -2.23. The Hall–Kier alpha value is -1.55. The molecule has 4 heteroatoms. The van der Waals surface area contributed by atoms with Crippen LogP contribution in [0.15, 0.2) is 24.3 Å². The van der Waals surface area contributed by atoms with Gasteiger partial charge in [-0.2, -0.15) is 0 Å². The first-order chi connectivity index (χ1) is 9.15. The van der Waals surface area contributed by atoms with Gasteiger partial charge in [-0.3, -0.25) is 4.79 Å². The van der Waals surface area contributed by atoms with E-state index in [1.54, 1.807) is 7.11 Å². The molecule has 2 aliphatic rings. The summed E-state index contributed by atoms with van der Waals surface area (Å²) in [6, 6.07) is 7.74. The lowest BCUT2D eigenvalue weighted by atomic mass is 9.94. The van der Waals surface area contributed by atoms with Gasteiger partial charge in [0.2, 0.25) is 5.91 Å². The third-order valence-electron chi connectivity index (χ3n) is 4.39. The van der Waals surface area contributed by atoms with Crippen LogP contribution >= 0.6 is 0 Å². The average Bonchev–Trinajstić information content (AvgIpc) is 3.09. The summed E-state index contributed by atoms with van der Waals surface area (Å²) in [6.45, 7) is 1.54. The van der Waals surface area contributed by atoms with Crippen molar-refractivity contribution < 1.29 is 9.53 Å². The van der Waals surface area contributed by atoms with E-state index in [0.29, 0.717) is 0 Å². The highest BCUT2D eigenvalue weighted by molar-refractivity contribution is 5.91. The van der Waals surface area contributed by atoms with Crippen molar-refractivity contribution in [2.75, 3.05) is 25.9 Å². The van der Waals surface area contributed by atoms with Crippen molar-refractivity contribution in [3.8, 4) is 0 Å². The molecule has 1 aliphatic heterocycles. The first kappa shape index (κ1) is 12.5. The standard InChI is InChI=1S/C15H20N2O2/c1-19-13-6-9-17(10-13)14(18)15(7-8-15)11-2-4-12(16)5-3-11/h2-5,13H,6-10,16H2,1H3. The van der Waals surface area contributed by atoms with Crippen molar-refractivity contribution >= 4 is 11.6 Å². The van der Waals surface area contributed by atoms with Crippen molar-refractivity contribution in [1.82, 2.24) is 4.90 Å². The number of methoxy groups -OCH3 is 1. The Morgan fingerprint density at radius 3 is 2.58 bits per heavy atom. The van der Waals surface area contributed by atoms with Gasteiger partial charge in [-0.1, -0.05) is 12.1 Å². The van der Waals surface area contributed by atoms with Gasteiger partial charge in [0.25, 0.3) is 0 Å². The van der Waals surface area contributed by atoms with Gasteiger partial charge in [0.1, 0.15) is 0 Å². The maximum Gasteiger partial charge on any atom is 0.233 e. The quantitative estimate of drug-likeness (QED) is 0.839. The molecule has 3 rings (SSSR count). The summed E-state index contributed by atoms with van der Waals surface area (Å²) in [5, 5.41) is 0. The summed E-state index contributed by atoms with van der Waals surface area (Å²) in [5.41, 5.74) is 7.28. The number of amides is 1. The minimum atomic E-state index is -0.281. The molecule has 0 radical (unpaired) electrons. The fourth-order valence-electron chi connectivity index (χ4n) is 2.96. The molecule has 0 aromatic heterocycles. The first-order valence-electron chi connectivity index (χ1n) is 6.84. The van der Waals surface area contributed by atoms with E-state index in [9.17, 15) is 4.79 Å². The molecular weight excluding hydrogens is 240 g/mol. The van der Waals surface area contributed by atoms with Gasteiger partial charge < -0.3 is 15.4 Å². The normalized spacial score (nSPS) is 24.5. The van der Waals surface area contributed by atoms with Gasteiger partial charge in [0.15, 0.2) is 0 Å². The fourth-order valence-corrected chi connectivity index (χ4v) is 2.96. The molecule has 1 aromatic carbocycles. The molecule has 1 saturated carbocycles. The summed E-state index contributed by atoms with van der Waals surface area (Å²) in [5.74, 6) is 0.261. The average molecular weight is 260 g/mol. The summed E-state index contributed by atoms with van der Waals surface area (Å²) < 4.78 is 5.34. The zero-order chi connectivity index (χ0) is 13.5. The number of rotatable bonds is 3. The largest absolute Gasteiger partial charge is 0.399 e. The molecule has 2 N–H and O–H groups in total. The van der Waals surface area contributed by atoms with Crippen LogP contribution in [0.2, 0.25) is 0 Å². The summed E-state index contributed by atoms with van der Waals surface area (Å²) >= 11 is 0. The van der Waals surface area contributed by atoms with Crippen LogP contribution in [0.3, 0.4) is 0 Å². The van der Waals surface area contributed by atoms with Crippen LogP contribution in [0, 0.1) is 0 Å². The van der Waals surface area contributed by atoms with Crippen molar-refractivity contribution in [2.24, 2.45) is 0 Å². The number of nitrogens with zero attached hydrogens (tertiary/aromatic N) is 1. The molecular formula is C15H20N2O2. The number of carbonyl (C=O) groups excluding carboxylic acids is 1. The SMILES string of the molecule is COC1CCN(C(=O)C2(c3ccc(N)cc3)CC2)C1. The maximum atomic E-state index is 12.7. The first-order valence-corrected chi connectivity index (χ1v) is 6.84. The van der Waals surface area contributed by atoms with Crippen molar-refractivity contribution in [3.63, 3.8) is 0 Å². The van der Waals surface area contributed by atoms with Crippen molar-refractivity contribution in [1.29, 1.82) is 0 Å². The van der Waals surface area contributed by atoms with Gasteiger partial charge in [-0.15, -0.1) is 0 Å². The Labute approximate surface area is 113 Å². The number of benzene rings is 1. The third kappa shape index (κ3) is 2.10. The molecule has 19 heavy (non-hydrogen) atoms. The van der Waals surface area contributed by atoms with Gasteiger partial charge in [0, 0.05) is 25.9 Å². The minimum absolute atomic E-state index is 0.200. The van der Waals surface area contributed by atoms with E-state index in [-0.39, 0.29) is 17.4 Å². The second kappa shape index (κ2) is 4.53. The number of ether oxygens (including phenoxy) is 1. The number of nitrogens with two attached hydrogens (primary N) is 1. The van der Waals surface area contributed by atoms with Crippen LogP contribution in [0.1, 0.15) is 24.8 Å². The van der Waals surface area contributed by atoms with E-state index in [2.05, 4.69) is 0 Å². The lowest BCUT2D eigenvalue weighted by Crippen LogP contribution is -2.38. The molecule has 1 aromatic rings. The molecule has 1 aliphatic carbocycles. The smallest absolute Gasteiger partial charge is 0.233 e. The van der Waals surface area contributed by atoms with Gasteiger partial charge in [-0.05, 0) is 37.0 Å². The van der Waals surface area contributed by atoms with Crippen molar-refractivity contribution in [2.45, 2.75) is 30.8 Å². The summed E-state index contributed by atoms with van der Waals surface area (Å²) in [6.07, 6.45) is 3.04. The van der Waals surface area contributed by atoms with Crippen LogP contribution in [0.5, 0.6) is 0 Å². The van der Waals surface area contributed by atoms with Crippen LogP contribution in [-0.2, 0) is 14.9 Å². The predicted molar refractivity (Wildman–Crippen MR) is 73.8 cm³/mol. The number of anilines is 1. The van der Waals surface area contributed by atoms with Gasteiger partial charge in [0.05, 0.1) is 11.5 Å². The van der Waals surface area contributed by atoms with Crippen LogP contribution < -0.4 is 5.73 Å². The van der Waals surface area contributed by atoms with E-state index in [0.717, 1.165) is 43.6 Å².